The van der Waals surface area contributed by atoms with Crippen molar-refractivity contribution in [3.05, 3.63) is 87.5 Å². The highest BCUT2D eigenvalue weighted by molar-refractivity contribution is 9.10. The van der Waals surface area contributed by atoms with Crippen LogP contribution in [0, 0.1) is 0 Å². The second kappa shape index (κ2) is 10.3. The number of anilines is 2. The van der Waals surface area contributed by atoms with Crippen molar-refractivity contribution in [2.75, 3.05) is 31.5 Å². The number of rotatable bonds is 6. The quantitative estimate of drug-likeness (QED) is 0.351. The van der Waals surface area contributed by atoms with E-state index in [4.69, 9.17) is 14.2 Å². The van der Waals surface area contributed by atoms with Crippen LogP contribution in [0.15, 0.2) is 76.4 Å². The van der Waals surface area contributed by atoms with Gasteiger partial charge in [0.1, 0.15) is 5.75 Å². The van der Waals surface area contributed by atoms with E-state index in [-0.39, 0.29) is 17.7 Å². The van der Waals surface area contributed by atoms with Gasteiger partial charge in [-0.2, -0.15) is 0 Å². The van der Waals surface area contributed by atoms with E-state index in [2.05, 4.69) is 38.7 Å². The molecule has 1 aliphatic heterocycles. The first-order valence-corrected chi connectivity index (χ1v) is 12.8. The van der Waals surface area contributed by atoms with Crippen LogP contribution in [0.1, 0.15) is 42.9 Å². The molecule has 0 bridgehead atoms. The van der Waals surface area contributed by atoms with Crippen LogP contribution in [0.5, 0.6) is 17.2 Å². The van der Waals surface area contributed by atoms with Gasteiger partial charge in [0.15, 0.2) is 17.3 Å². The summed E-state index contributed by atoms with van der Waals surface area (Å²) in [5.41, 5.74) is 5.64. The Morgan fingerprint density at radius 3 is 2.39 bits per heavy atom. The molecule has 186 valence electrons. The predicted molar refractivity (Wildman–Crippen MR) is 145 cm³/mol. The van der Waals surface area contributed by atoms with Crippen molar-refractivity contribution in [3.63, 3.8) is 0 Å². The number of halogens is 1. The van der Waals surface area contributed by atoms with E-state index in [1.807, 2.05) is 55.5 Å². The summed E-state index contributed by atoms with van der Waals surface area (Å²) in [7, 11) is 3.28. The maximum Gasteiger partial charge on any atom is 0.175 e. The molecule has 1 heterocycles. The van der Waals surface area contributed by atoms with E-state index in [0.717, 1.165) is 50.4 Å². The van der Waals surface area contributed by atoms with Gasteiger partial charge >= 0.3 is 0 Å². The molecule has 5 rings (SSSR count). The summed E-state index contributed by atoms with van der Waals surface area (Å²) in [4.78, 5) is 13.8. The van der Waals surface area contributed by atoms with Crippen molar-refractivity contribution < 1.29 is 19.0 Å². The van der Waals surface area contributed by atoms with Crippen LogP contribution >= 0.6 is 15.9 Å². The number of para-hydroxylation sites is 2. The predicted octanol–water partition coefficient (Wildman–Crippen LogP) is 6.84. The molecule has 0 amide bonds. The topological polar surface area (TPSA) is 68.8 Å². The average molecular weight is 549 g/mol. The Morgan fingerprint density at radius 1 is 0.944 bits per heavy atom. The molecule has 2 aliphatic rings. The van der Waals surface area contributed by atoms with Crippen molar-refractivity contribution in [1.82, 2.24) is 0 Å². The molecule has 0 fully saturated rings. The number of carbonyl (C=O) groups excluding carboxylic acids is 1. The lowest BCUT2D eigenvalue weighted by molar-refractivity contribution is -0.116. The first-order valence-electron chi connectivity index (χ1n) is 12.0. The van der Waals surface area contributed by atoms with E-state index in [1.54, 1.807) is 14.2 Å². The van der Waals surface area contributed by atoms with Crippen LogP contribution in [-0.4, -0.2) is 26.6 Å². The average Bonchev–Trinajstić information content (AvgIpc) is 3.06. The molecule has 2 atom stereocenters. The fourth-order valence-corrected chi connectivity index (χ4v) is 5.62. The molecular weight excluding hydrogens is 520 g/mol. The van der Waals surface area contributed by atoms with Gasteiger partial charge in [0.25, 0.3) is 0 Å². The number of fused-ring (bicyclic) bond motifs is 1. The molecule has 3 aromatic rings. The Hall–Kier alpha value is -3.45. The molecule has 0 spiro atoms. The van der Waals surface area contributed by atoms with Crippen LogP contribution < -0.4 is 24.8 Å². The van der Waals surface area contributed by atoms with Crippen molar-refractivity contribution in [1.29, 1.82) is 0 Å². The molecular formula is C29H29BrN2O4. The van der Waals surface area contributed by atoms with Gasteiger partial charge in [-0.3, -0.25) is 4.79 Å². The van der Waals surface area contributed by atoms with Crippen molar-refractivity contribution in [2.45, 2.75) is 31.7 Å². The summed E-state index contributed by atoms with van der Waals surface area (Å²) in [6, 6.07) is 19.7. The minimum Gasteiger partial charge on any atom is -0.497 e. The highest BCUT2D eigenvalue weighted by Gasteiger charge is 2.36. The van der Waals surface area contributed by atoms with Gasteiger partial charge in [-0.15, -0.1) is 0 Å². The van der Waals surface area contributed by atoms with Crippen LogP contribution in [0.4, 0.5) is 11.4 Å². The first-order chi connectivity index (χ1) is 17.5. The van der Waals surface area contributed by atoms with Crippen LogP contribution in [0.3, 0.4) is 0 Å². The molecule has 2 N–H and O–H groups in total. The molecule has 6 nitrogen and oxygen atoms in total. The minimum atomic E-state index is -0.346. The minimum absolute atomic E-state index is 0.0853. The molecule has 3 aromatic carbocycles. The van der Waals surface area contributed by atoms with Crippen molar-refractivity contribution in [3.8, 4) is 17.2 Å². The Kier molecular flexibility index (Phi) is 6.92. The number of benzene rings is 3. The van der Waals surface area contributed by atoms with Gasteiger partial charge in [-0.1, -0.05) is 24.3 Å². The summed E-state index contributed by atoms with van der Waals surface area (Å²) < 4.78 is 17.6. The number of methoxy groups -OCH3 is 2. The number of hydrogen-bond acceptors (Lipinski definition) is 6. The molecule has 0 saturated heterocycles. The van der Waals surface area contributed by atoms with Gasteiger partial charge < -0.3 is 24.8 Å². The Balaban J connectivity index is 1.60. The zero-order valence-corrected chi connectivity index (χ0v) is 22.1. The molecule has 2 unspecified atom stereocenters. The standard InChI is InChI=1S/C29H29BrN2O4/c1-4-36-29-21(30)13-19(16-26(29)35-3)28-27-24(31-22-7-5-6-8-23(22)32-28)14-18(15-25(27)33)17-9-11-20(34-2)12-10-17/h5-13,16,18,28,31-32H,4,14-15H2,1-3H3. The maximum absolute atomic E-state index is 13.8. The lowest BCUT2D eigenvalue weighted by Gasteiger charge is -2.30. The van der Waals surface area contributed by atoms with E-state index < -0.39 is 0 Å². The Labute approximate surface area is 219 Å². The normalized spacial score (nSPS) is 18.8. The third kappa shape index (κ3) is 4.55. The highest BCUT2D eigenvalue weighted by atomic mass is 79.9. The second-order valence-electron chi connectivity index (χ2n) is 8.91. The molecule has 1 aliphatic carbocycles. The molecule has 0 radical (unpaired) electrons. The Bertz CT molecular complexity index is 1320. The van der Waals surface area contributed by atoms with Crippen LogP contribution in [0.2, 0.25) is 0 Å². The summed E-state index contributed by atoms with van der Waals surface area (Å²) >= 11 is 3.65. The smallest absolute Gasteiger partial charge is 0.175 e. The van der Waals surface area contributed by atoms with Gasteiger partial charge in [0.05, 0.1) is 42.7 Å². The Morgan fingerprint density at radius 2 is 1.69 bits per heavy atom. The van der Waals surface area contributed by atoms with Crippen molar-refractivity contribution >= 4 is 33.1 Å². The molecule has 7 heteroatoms. The monoisotopic (exact) mass is 548 g/mol. The van der Waals surface area contributed by atoms with E-state index >= 15 is 0 Å². The largest absolute Gasteiger partial charge is 0.497 e. The number of ketones is 1. The first kappa shape index (κ1) is 24.3. The third-order valence-corrected chi connectivity index (χ3v) is 7.36. The summed E-state index contributed by atoms with van der Waals surface area (Å²) in [5.74, 6) is 2.29. The van der Waals surface area contributed by atoms with E-state index in [0.29, 0.717) is 24.5 Å². The summed E-state index contributed by atoms with van der Waals surface area (Å²) in [6.07, 6.45) is 1.17. The highest BCUT2D eigenvalue weighted by Crippen LogP contribution is 2.46. The zero-order chi connectivity index (χ0) is 25.2. The van der Waals surface area contributed by atoms with Gasteiger partial charge in [-0.25, -0.2) is 0 Å². The number of hydrogen-bond donors (Lipinski definition) is 2. The number of ether oxygens (including phenoxy) is 3. The SMILES string of the molecule is CCOc1c(Br)cc(C2Nc3ccccc3NC3=C2C(=O)CC(c2ccc(OC)cc2)C3)cc1OC. The fraction of sp³-hybridized carbons (Fsp3) is 0.276. The molecule has 0 aromatic heterocycles. The fourth-order valence-electron chi connectivity index (χ4n) is 5.05. The second-order valence-corrected chi connectivity index (χ2v) is 9.76. The summed E-state index contributed by atoms with van der Waals surface area (Å²) in [5, 5.41) is 7.22. The third-order valence-electron chi connectivity index (χ3n) is 6.77. The van der Waals surface area contributed by atoms with Gasteiger partial charge in [0, 0.05) is 17.7 Å². The molecule has 0 saturated carbocycles. The lowest BCUT2D eigenvalue weighted by Crippen LogP contribution is -2.27. The van der Waals surface area contributed by atoms with Gasteiger partial charge in [-0.05, 0) is 82.7 Å². The summed E-state index contributed by atoms with van der Waals surface area (Å²) in [6.45, 7) is 2.46. The molecule has 36 heavy (non-hydrogen) atoms. The maximum atomic E-state index is 13.8. The number of nitrogens with one attached hydrogen (secondary N) is 2. The number of Topliss-reactive ketones (excluding diaryl/α,β-unsaturated/α-hetero) is 1. The number of allylic oxidation sites excluding steroid dienone is 1. The van der Waals surface area contributed by atoms with Crippen LogP contribution in [0.25, 0.3) is 0 Å². The lowest BCUT2D eigenvalue weighted by atomic mass is 9.78. The zero-order valence-electron chi connectivity index (χ0n) is 20.6. The van der Waals surface area contributed by atoms with Crippen LogP contribution in [-0.2, 0) is 4.79 Å². The van der Waals surface area contributed by atoms with E-state index in [9.17, 15) is 4.79 Å². The van der Waals surface area contributed by atoms with E-state index in [1.165, 1.54) is 0 Å². The number of carbonyl (C=O) groups is 1. The van der Waals surface area contributed by atoms with Gasteiger partial charge in [0.2, 0.25) is 0 Å². The van der Waals surface area contributed by atoms with Crippen molar-refractivity contribution in [2.24, 2.45) is 0 Å².